The first-order chi connectivity index (χ1) is 8.40. The van der Waals surface area contributed by atoms with E-state index in [2.05, 4.69) is 37.7 Å². The normalized spacial score (nSPS) is 11.2. The van der Waals surface area contributed by atoms with Crippen LogP contribution < -0.4 is 16.4 Å². The van der Waals surface area contributed by atoms with E-state index in [1.807, 2.05) is 18.2 Å². The lowest BCUT2D eigenvalue weighted by molar-refractivity contribution is 0.409. The average Bonchev–Trinajstić information content (AvgIpc) is 2.27. The van der Waals surface area contributed by atoms with E-state index < -0.39 is 0 Å². The molecule has 102 valence electrons. The van der Waals surface area contributed by atoms with Gasteiger partial charge in [0.25, 0.3) is 0 Å². The van der Waals surface area contributed by atoms with E-state index in [9.17, 15) is 0 Å². The van der Waals surface area contributed by atoms with Gasteiger partial charge in [0.1, 0.15) is 0 Å². The second-order valence-electron chi connectivity index (χ2n) is 5.46. The second-order valence-corrected chi connectivity index (χ2v) is 5.46. The first-order valence-electron chi connectivity index (χ1n) is 6.45. The van der Waals surface area contributed by atoms with Crippen molar-refractivity contribution in [3.05, 3.63) is 18.2 Å². The number of nitrogens with zero attached hydrogens (tertiary/aromatic N) is 2. The van der Waals surface area contributed by atoms with Crippen LogP contribution in [0.2, 0.25) is 0 Å². The van der Waals surface area contributed by atoms with Crippen LogP contribution >= 0.6 is 0 Å². The van der Waals surface area contributed by atoms with Crippen molar-refractivity contribution in [1.82, 2.24) is 4.90 Å². The van der Waals surface area contributed by atoms with Gasteiger partial charge in [-0.05, 0) is 38.2 Å². The molecular weight excluding hydrogens is 224 g/mol. The first kappa shape index (κ1) is 14.6. The number of anilines is 3. The van der Waals surface area contributed by atoms with Crippen LogP contribution in [0, 0.1) is 5.92 Å². The molecule has 1 aromatic rings. The number of benzene rings is 1. The summed E-state index contributed by atoms with van der Waals surface area (Å²) in [6.45, 7) is 7.50. The van der Waals surface area contributed by atoms with Crippen LogP contribution in [0.3, 0.4) is 0 Å². The number of hydrogen-bond acceptors (Lipinski definition) is 4. The van der Waals surface area contributed by atoms with E-state index in [1.54, 1.807) is 0 Å². The maximum absolute atomic E-state index is 5.88. The monoisotopic (exact) mass is 250 g/mol. The van der Waals surface area contributed by atoms with Crippen molar-refractivity contribution in [2.24, 2.45) is 5.92 Å². The minimum Gasteiger partial charge on any atom is -0.397 e. The molecule has 1 rings (SSSR count). The van der Waals surface area contributed by atoms with Gasteiger partial charge in [-0.3, -0.25) is 0 Å². The molecule has 0 radical (unpaired) electrons. The van der Waals surface area contributed by atoms with Crippen LogP contribution in [-0.4, -0.2) is 38.6 Å². The molecule has 0 fully saturated rings. The maximum atomic E-state index is 5.88. The fourth-order valence-corrected chi connectivity index (χ4v) is 1.85. The van der Waals surface area contributed by atoms with E-state index in [0.29, 0.717) is 17.3 Å². The third-order valence-electron chi connectivity index (χ3n) is 2.84. The number of rotatable bonds is 6. The van der Waals surface area contributed by atoms with Crippen LogP contribution in [0.15, 0.2) is 18.2 Å². The van der Waals surface area contributed by atoms with Gasteiger partial charge in [0, 0.05) is 25.3 Å². The van der Waals surface area contributed by atoms with E-state index in [4.69, 9.17) is 11.5 Å². The van der Waals surface area contributed by atoms with Gasteiger partial charge in [0.15, 0.2) is 0 Å². The molecule has 0 saturated carbocycles. The zero-order valence-electron chi connectivity index (χ0n) is 12.0. The quantitative estimate of drug-likeness (QED) is 0.757. The standard InChI is InChI=1S/C14H26N4/c1-11(2)10-18(8-7-17(3)4)12-5-6-13(15)14(16)9-12/h5-6,9,11H,7-8,10,15-16H2,1-4H3. The minimum atomic E-state index is 0.617. The Morgan fingerprint density at radius 3 is 2.22 bits per heavy atom. The number of nitrogens with two attached hydrogens (primary N) is 2. The first-order valence-corrected chi connectivity index (χ1v) is 6.45. The van der Waals surface area contributed by atoms with Gasteiger partial charge in [0.2, 0.25) is 0 Å². The van der Waals surface area contributed by atoms with Crippen molar-refractivity contribution >= 4 is 17.1 Å². The van der Waals surface area contributed by atoms with Crippen LogP contribution in [0.25, 0.3) is 0 Å². The molecule has 0 heterocycles. The van der Waals surface area contributed by atoms with Crippen molar-refractivity contribution in [3.8, 4) is 0 Å². The molecule has 0 unspecified atom stereocenters. The van der Waals surface area contributed by atoms with Crippen molar-refractivity contribution in [1.29, 1.82) is 0 Å². The van der Waals surface area contributed by atoms with E-state index >= 15 is 0 Å². The van der Waals surface area contributed by atoms with Gasteiger partial charge >= 0.3 is 0 Å². The molecule has 4 nitrogen and oxygen atoms in total. The fourth-order valence-electron chi connectivity index (χ4n) is 1.85. The summed E-state index contributed by atoms with van der Waals surface area (Å²) in [4.78, 5) is 4.55. The van der Waals surface area contributed by atoms with Crippen molar-refractivity contribution in [2.45, 2.75) is 13.8 Å². The highest BCUT2D eigenvalue weighted by atomic mass is 15.2. The summed E-state index contributed by atoms with van der Waals surface area (Å²) >= 11 is 0. The highest BCUT2D eigenvalue weighted by molar-refractivity contribution is 5.69. The Morgan fingerprint density at radius 1 is 1.06 bits per heavy atom. The molecule has 4 heteroatoms. The van der Waals surface area contributed by atoms with Gasteiger partial charge in [-0.25, -0.2) is 0 Å². The summed E-state index contributed by atoms with van der Waals surface area (Å²) in [6, 6.07) is 5.89. The summed E-state index contributed by atoms with van der Waals surface area (Å²) in [6.07, 6.45) is 0. The minimum absolute atomic E-state index is 0.617. The topological polar surface area (TPSA) is 58.5 Å². The molecule has 0 atom stereocenters. The van der Waals surface area contributed by atoms with Crippen LogP contribution in [0.4, 0.5) is 17.1 Å². The smallest absolute Gasteiger partial charge is 0.0568 e. The lowest BCUT2D eigenvalue weighted by atomic mass is 10.1. The molecule has 0 aliphatic heterocycles. The Labute approximate surface area is 111 Å². The van der Waals surface area contributed by atoms with E-state index in [-0.39, 0.29) is 0 Å². The van der Waals surface area contributed by atoms with Crippen molar-refractivity contribution in [3.63, 3.8) is 0 Å². The van der Waals surface area contributed by atoms with Gasteiger partial charge < -0.3 is 21.3 Å². The summed E-state index contributed by atoms with van der Waals surface area (Å²) < 4.78 is 0. The molecule has 0 amide bonds. The molecule has 1 aromatic carbocycles. The fraction of sp³-hybridized carbons (Fsp3) is 0.571. The highest BCUT2D eigenvalue weighted by Crippen LogP contribution is 2.23. The zero-order chi connectivity index (χ0) is 13.7. The van der Waals surface area contributed by atoms with E-state index in [0.717, 1.165) is 25.3 Å². The third kappa shape index (κ3) is 4.45. The summed E-state index contributed by atoms with van der Waals surface area (Å²) in [5.74, 6) is 0.617. The number of nitrogen functional groups attached to an aromatic ring is 2. The molecule has 0 aliphatic carbocycles. The Morgan fingerprint density at radius 2 is 1.72 bits per heavy atom. The summed E-state index contributed by atoms with van der Waals surface area (Å²) in [5.41, 5.74) is 14.1. The molecule has 0 bridgehead atoms. The predicted octanol–water partition coefficient (Wildman–Crippen LogP) is 1.87. The van der Waals surface area contributed by atoms with E-state index in [1.165, 1.54) is 0 Å². The number of likely N-dealkylation sites (N-methyl/N-ethyl adjacent to an activating group) is 1. The molecule has 0 aromatic heterocycles. The van der Waals surface area contributed by atoms with Gasteiger partial charge in [-0.2, -0.15) is 0 Å². The predicted molar refractivity (Wildman–Crippen MR) is 80.9 cm³/mol. The Balaban J connectivity index is 2.83. The van der Waals surface area contributed by atoms with Gasteiger partial charge in [-0.15, -0.1) is 0 Å². The van der Waals surface area contributed by atoms with Crippen LogP contribution in [0.5, 0.6) is 0 Å². The van der Waals surface area contributed by atoms with Crippen molar-refractivity contribution in [2.75, 3.05) is 50.1 Å². The van der Waals surface area contributed by atoms with Crippen LogP contribution in [-0.2, 0) is 0 Å². The Bertz CT molecular complexity index is 374. The Hall–Kier alpha value is -1.42. The number of hydrogen-bond donors (Lipinski definition) is 2. The lowest BCUT2D eigenvalue weighted by Crippen LogP contribution is -2.34. The maximum Gasteiger partial charge on any atom is 0.0568 e. The average molecular weight is 250 g/mol. The molecule has 4 N–H and O–H groups in total. The summed E-state index contributed by atoms with van der Waals surface area (Å²) in [5, 5.41) is 0. The van der Waals surface area contributed by atoms with Crippen molar-refractivity contribution < 1.29 is 0 Å². The highest BCUT2D eigenvalue weighted by Gasteiger charge is 2.10. The van der Waals surface area contributed by atoms with Crippen LogP contribution in [0.1, 0.15) is 13.8 Å². The molecule has 18 heavy (non-hydrogen) atoms. The molecule has 0 spiro atoms. The Kier molecular flexibility index (Phi) is 5.28. The molecular formula is C14H26N4. The zero-order valence-corrected chi connectivity index (χ0v) is 12.0. The lowest BCUT2D eigenvalue weighted by Gasteiger charge is -2.28. The molecule has 0 aliphatic rings. The third-order valence-corrected chi connectivity index (χ3v) is 2.84. The largest absolute Gasteiger partial charge is 0.397 e. The summed E-state index contributed by atoms with van der Waals surface area (Å²) in [7, 11) is 4.18. The molecule has 0 saturated heterocycles. The second kappa shape index (κ2) is 6.50. The van der Waals surface area contributed by atoms with Gasteiger partial charge in [0.05, 0.1) is 11.4 Å². The SMILES string of the molecule is CC(C)CN(CCN(C)C)c1ccc(N)c(N)c1. The van der Waals surface area contributed by atoms with Gasteiger partial charge in [-0.1, -0.05) is 13.8 Å².